The zero-order chi connectivity index (χ0) is 15.4. The summed E-state index contributed by atoms with van der Waals surface area (Å²) >= 11 is 0. The van der Waals surface area contributed by atoms with E-state index >= 15 is 0 Å². The van der Waals surface area contributed by atoms with Crippen molar-refractivity contribution in [2.75, 3.05) is 12.4 Å². The van der Waals surface area contributed by atoms with Crippen molar-refractivity contribution in [3.8, 4) is 0 Å². The lowest BCUT2D eigenvalue weighted by atomic mass is 9.79. The fourth-order valence-electron chi connectivity index (χ4n) is 3.32. The number of carbonyl (C=O) groups is 1. The number of hydrogen-bond donors (Lipinski definition) is 2. The van der Waals surface area contributed by atoms with E-state index in [1.165, 1.54) is 25.7 Å². The van der Waals surface area contributed by atoms with E-state index in [2.05, 4.69) is 30.5 Å². The SMILES string of the molecule is CNC(=O)c1cccc(NC2CCC(C(C)C)CC2)c1C. The molecule has 0 heterocycles. The Balaban J connectivity index is 2.03. The molecule has 2 N–H and O–H groups in total. The lowest BCUT2D eigenvalue weighted by molar-refractivity contribution is 0.0962. The second-order valence-electron chi connectivity index (χ2n) is 6.56. The van der Waals surface area contributed by atoms with Crippen LogP contribution in [0.3, 0.4) is 0 Å². The van der Waals surface area contributed by atoms with E-state index in [-0.39, 0.29) is 5.91 Å². The third-order valence-electron chi connectivity index (χ3n) is 4.88. The fourth-order valence-corrected chi connectivity index (χ4v) is 3.32. The Morgan fingerprint density at radius 1 is 1.19 bits per heavy atom. The van der Waals surface area contributed by atoms with Crippen molar-refractivity contribution in [3.63, 3.8) is 0 Å². The molecule has 1 fully saturated rings. The molecule has 0 aliphatic heterocycles. The largest absolute Gasteiger partial charge is 0.382 e. The number of nitrogens with one attached hydrogen (secondary N) is 2. The van der Waals surface area contributed by atoms with E-state index in [0.717, 1.165) is 28.7 Å². The first-order valence-corrected chi connectivity index (χ1v) is 8.11. The molecular formula is C18H28N2O. The molecule has 1 saturated carbocycles. The van der Waals surface area contributed by atoms with E-state index in [0.29, 0.717) is 6.04 Å². The minimum absolute atomic E-state index is 0.0142. The van der Waals surface area contributed by atoms with Crippen LogP contribution >= 0.6 is 0 Å². The number of carbonyl (C=O) groups excluding carboxylic acids is 1. The van der Waals surface area contributed by atoms with Crippen LogP contribution in [0.15, 0.2) is 18.2 Å². The number of anilines is 1. The van der Waals surface area contributed by atoms with Gasteiger partial charge >= 0.3 is 0 Å². The maximum Gasteiger partial charge on any atom is 0.251 e. The first-order valence-electron chi connectivity index (χ1n) is 8.11. The van der Waals surface area contributed by atoms with Crippen LogP contribution in [0.1, 0.15) is 55.5 Å². The Kier molecular flexibility index (Phi) is 5.27. The molecule has 0 spiro atoms. The van der Waals surface area contributed by atoms with Crippen molar-refractivity contribution >= 4 is 11.6 Å². The van der Waals surface area contributed by atoms with Crippen LogP contribution in [0.2, 0.25) is 0 Å². The Hall–Kier alpha value is -1.51. The summed E-state index contributed by atoms with van der Waals surface area (Å²) in [6, 6.07) is 6.46. The van der Waals surface area contributed by atoms with Gasteiger partial charge in [0.15, 0.2) is 0 Å². The average molecular weight is 288 g/mol. The van der Waals surface area contributed by atoms with Crippen molar-refractivity contribution < 1.29 is 4.79 Å². The van der Waals surface area contributed by atoms with Gasteiger partial charge in [-0.2, -0.15) is 0 Å². The second kappa shape index (κ2) is 6.97. The Morgan fingerprint density at radius 2 is 1.86 bits per heavy atom. The van der Waals surface area contributed by atoms with Gasteiger partial charge in [-0.05, 0) is 62.1 Å². The Morgan fingerprint density at radius 3 is 2.43 bits per heavy atom. The summed E-state index contributed by atoms with van der Waals surface area (Å²) in [6.45, 7) is 6.68. The molecule has 3 nitrogen and oxygen atoms in total. The summed E-state index contributed by atoms with van der Waals surface area (Å²) in [4.78, 5) is 11.9. The van der Waals surface area contributed by atoms with Crippen molar-refractivity contribution in [1.29, 1.82) is 0 Å². The molecule has 116 valence electrons. The summed E-state index contributed by atoms with van der Waals surface area (Å²) in [5.74, 6) is 1.66. The van der Waals surface area contributed by atoms with Gasteiger partial charge in [0.2, 0.25) is 0 Å². The van der Waals surface area contributed by atoms with Crippen LogP contribution < -0.4 is 10.6 Å². The topological polar surface area (TPSA) is 41.1 Å². The van der Waals surface area contributed by atoms with Gasteiger partial charge in [0, 0.05) is 24.3 Å². The third-order valence-corrected chi connectivity index (χ3v) is 4.88. The quantitative estimate of drug-likeness (QED) is 0.880. The van der Waals surface area contributed by atoms with Gasteiger partial charge < -0.3 is 10.6 Å². The predicted molar refractivity (Wildman–Crippen MR) is 88.8 cm³/mol. The highest BCUT2D eigenvalue weighted by Crippen LogP contribution is 2.32. The van der Waals surface area contributed by atoms with E-state index in [9.17, 15) is 4.79 Å². The van der Waals surface area contributed by atoms with Crippen molar-refractivity contribution in [3.05, 3.63) is 29.3 Å². The predicted octanol–water partition coefficient (Wildman–Crippen LogP) is 3.98. The summed E-state index contributed by atoms with van der Waals surface area (Å²) in [5, 5.41) is 6.35. The first-order chi connectivity index (χ1) is 10.0. The molecule has 0 aromatic heterocycles. The van der Waals surface area contributed by atoms with Gasteiger partial charge in [-0.15, -0.1) is 0 Å². The number of rotatable bonds is 4. The summed E-state index contributed by atoms with van der Waals surface area (Å²) in [6.07, 6.45) is 5.08. The summed E-state index contributed by atoms with van der Waals surface area (Å²) < 4.78 is 0. The molecule has 21 heavy (non-hydrogen) atoms. The normalized spacial score (nSPS) is 22.1. The maximum atomic E-state index is 11.9. The van der Waals surface area contributed by atoms with E-state index in [1.54, 1.807) is 7.05 Å². The molecule has 1 aliphatic rings. The van der Waals surface area contributed by atoms with Gasteiger partial charge in [0.05, 0.1) is 0 Å². The van der Waals surface area contributed by atoms with E-state index in [1.807, 2.05) is 19.1 Å². The molecule has 0 unspecified atom stereocenters. The lowest BCUT2D eigenvalue weighted by Gasteiger charge is -2.32. The molecule has 2 rings (SSSR count). The fraction of sp³-hybridized carbons (Fsp3) is 0.611. The highest BCUT2D eigenvalue weighted by Gasteiger charge is 2.23. The highest BCUT2D eigenvalue weighted by molar-refractivity contribution is 5.96. The van der Waals surface area contributed by atoms with Gasteiger partial charge in [-0.1, -0.05) is 19.9 Å². The molecule has 0 saturated heterocycles. The van der Waals surface area contributed by atoms with Gasteiger partial charge in [0.25, 0.3) is 5.91 Å². The lowest BCUT2D eigenvalue weighted by Crippen LogP contribution is -2.28. The van der Waals surface area contributed by atoms with Crippen molar-refractivity contribution in [2.45, 2.75) is 52.5 Å². The minimum atomic E-state index is -0.0142. The summed E-state index contributed by atoms with van der Waals surface area (Å²) in [5.41, 5.74) is 2.91. The third kappa shape index (κ3) is 3.78. The summed E-state index contributed by atoms with van der Waals surface area (Å²) in [7, 11) is 1.68. The molecule has 0 radical (unpaired) electrons. The van der Waals surface area contributed by atoms with Crippen molar-refractivity contribution in [1.82, 2.24) is 5.32 Å². The van der Waals surface area contributed by atoms with Gasteiger partial charge in [-0.25, -0.2) is 0 Å². The molecule has 0 atom stereocenters. The molecule has 1 aromatic rings. The molecule has 1 amide bonds. The van der Waals surface area contributed by atoms with E-state index in [4.69, 9.17) is 0 Å². The zero-order valence-corrected chi connectivity index (χ0v) is 13.7. The molecular weight excluding hydrogens is 260 g/mol. The molecule has 0 bridgehead atoms. The Bertz CT molecular complexity index is 488. The van der Waals surface area contributed by atoms with Crippen LogP contribution in [0.5, 0.6) is 0 Å². The highest BCUT2D eigenvalue weighted by atomic mass is 16.1. The van der Waals surface area contributed by atoms with Crippen LogP contribution in [-0.2, 0) is 0 Å². The van der Waals surface area contributed by atoms with Crippen LogP contribution in [-0.4, -0.2) is 19.0 Å². The molecule has 1 aromatic carbocycles. The van der Waals surface area contributed by atoms with Crippen LogP contribution in [0.25, 0.3) is 0 Å². The maximum absolute atomic E-state index is 11.9. The number of benzene rings is 1. The monoisotopic (exact) mass is 288 g/mol. The zero-order valence-electron chi connectivity index (χ0n) is 13.7. The van der Waals surface area contributed by atoms with Crippen LogP contribution in [0.4, 0.5) is 5.69 Å². The van der Waals surface area contributed by atoms with E-state index < -0.39 is 0 Å². The standard InChI is InChI=1S/C18H28N2O/c1-12(2)14-8-10-15(11-9-14)20-17-7-5-6-16(13(17)3)18(21)19-4/h5-7,12,14-15,20H,8-11H2,1-4H3,(H,19,21). The van der Waals surface area contributed by atoms with Gasteiger partial charge in [-0.3, -0.25) is 4.79 Å². The second-order valence-corrected chi connectivity index (χ2v) is 6.56. The first kappa shape index (κ1) is 15.9. The Labute approximate surface area is 128 Å². The molecule has 3 heteroatoms. The van der Waals surface area contributed by atoms with Crippen molar-refractivity contribution in [2.24, 2.45) is 11.8 Å². The number of amides is 1. The average Bonchev–Trinajstić information content (AvgIpc) is 2.49. The van der Waals surface area contributed by atoms with Crippen LogP contribution in [0, 0.1) is 18.8 Å². The minimum Gasteiger partial charge on any atom is -0.382 e. The van der Waals surface area contributed by atoms with Gasteiger partial charge in [0.1, 0.15) is 0 Å². The molecule has 1 aliphatic carbocycles. The smallest absolute Gasteiger partial charge is 0.251 e. The number of hydrogen-bond acceptors (Lipinski definition) is 2.